The van der Waals surface area contributed by atoms with Gasteiger partial charge in [0.2, 0.25) is 0 Å². The highest BCUT2D eigenvalue weighted by molar-refractivity contribution is 6.32. The Hall–Kier alpha value is -4.21. The molecule has 35 heavy (non-hydrogen) atoms. The highest BCUT2D eigenvalue weighted by atomic mass is 35.5. The van der Waals surface area contributed by atoms with E-state index in [1.165, 1.54) is 0 Å². The molecule has 0 bridgehead atoms. The zero-order chi connectivity index (χ0) is 25.0. The Kier molecular flexibility index (Phi) is 9.35. The maximum atomic E-state index is 12.5. The number of hydrogen-bond donors (Lipinski definition) is 0. The van der Waals surface area contributed by atoms with Crippen molar-refractivity contribution >= 4 is 23.5 Å². The second-order valence-electron chi connectivity index (χ2n) is 7.11. The Morgan fingerprint density at radius 1 is 0.914 bits per heavy atom. The molecule has 0 unspecified atom stereocenters. The molecular formula is C28H23ClO6. The molecule has 3 aromatic carbocycles. The lowest BCUT2D eigenvalue weighted by atomic mass is 10.1. The predicted molar refractivity (Wildman–Crippen MR) is 133 cm³/mol. The number of hydrogen-bond acceptors (Lipinski definition) is 6. The highest BCUT2D eigenvalue weighted by Crippen LogP contribution is 2.26. The van der Waals surface area contributed by atoms with E-state index in [9.17, 15) is 9.59 Å². The lowest BCUT2D eigenvalue weighted by molar-refractivity contribution is -0.137. The minimum absolute atomic E-state index is 0.237. The van der Waals surface area contributed by atoms with Gasteiger partial charge in [0.1, 0.15) is 17.2 Å². The molecule has 3 rings (SSSR count). The Bertz CT molecular complexity index is 1240. The lowest BCUT2D eigenvalue weighted by Gasteiger charge is -2.09. The summed E-state index contributed by atoms with van der Waals surface area (Å²) >= 11 is 6.30. The van der Waals surface area contributed by atoms with Crippen LogP contribution in [0.4, 0.5) is 0 Å². The molecule has 0 fully saturated rings. The van der Waals surface area contributed by atoms with Gasteiger partial charge in [0.15, 0.2) is 0 Å². The summed E-state index contributed by atoms with van der Waals surface area (Å²) in [5.74, 6) is 6.64. The van der Waals surface area contributed by atoms with E-state index in [1.807, 2.05) is 24.3 Å². The van der Waals surface area contributed by atoms with Crippen molar-refractivity contribution in [1.82, 2.24) is 0 Å². The lowest BCUT2D eigenvalue weighted by Crippen LogP contribution is -2.09. The van der Waals surface area contributed by atoms with E-state index in [0.717, 1.165) is 17.4 Å². The smallest absolute Gasteiger partial charge is 0.343 e. The third-order valence-corrected chi connectivity index (χ3v) is 4.93. The first-order valence-corrected chi connectivity index (χ1v) is 11.1. The molecule has 0 aromatic heterocycles. The summed E-state index contributed by atoms with van der Waals surface area (Å²) in [6.07, 6.45) is 1.64. The fourth-order valence-corrected chi connectivity index (χ4v) is 3.03. The van der Waals surface area contributed by atoms with Gasteiger partial charge in [-0.3, -0.25) is 0 Å². The maximum absolute atomic E-state index is 12.5. The molecule has 7 heteroatoms. The fourth-order valence-electron chi connectivity index (χ4n) is 2.81. The average molecular weight is 491 g/mol. The van der Waals surface area contributed by atoms with Crippen molar-refractivity contribution in [3.05, 3.63) is 101 Å². The van der Waals surface area contributed by atoms with Gasteiger partial charge in [0, 0.05) is 23.6 Å². The maximum Gasteiger partial charge on any atom is 0.343 e. The van der Waals surface area contributed by atoms with Gasteiger partial charge in [-0.15, -0.1) is 0 Å². The van der Waals surface area contributed by atoms with E-state index >= 15 is 0 Å². The third kappa shape index (κ3) is 7.95. The molecule has 0 N–H and O–H groups in total. The van der Waals surface area contributed by atoms with Crippen LogP contribution in [-0.2, 0) is 9.53 Å². The molecule has 0 aliphatic rings. The van der Waals surface area contributed by atoms with Crippen LogP contribution in [0.1, 0.15) is 27.9 Å². The average Bonchev–Trinajstić information content (AvgIpc) is 2.89. The van der Waals surface area contributed by atoms with E-state index in [1.54, 1.807) is 49.6 Å². The van der Waals surface area contributed by atoms with E-state index in [2.05, 4.69) is 18.4 Å². The SMILES string of the molecule is C=CC(=O)OCCCOc1ccc(C(=O)Oc2ccc(C#Cc3ccc(OC)cc3)cc2Cl)cc1. The van der Waals surface area contributed by atoms with Crippen molar-refractivity contribution in [1.29, 1.82) is 0 Å². The van der Waals surface area contributed by atoms with Gasteiger partial charge in [-0.1, -0.05) is 30.0 Å². The summed E-state index contributed by atoms with van der Waals surface area (Å²) in [6, 6.07) is 18.9. The Morgan fingerprint density at radius 2 is 1.57 bits per heavy atom. The summed E-state index contributed by atoms with van der Waals surface area (Å²) in [5, 5.41) is 0.275. The number of methoxy groups -OCH3 is 1. The van der Waals surface area contributed by atoms with Crippen LogP contribution in [0.25, 0.3) is 0 Å². The monoisotopic (exact) mass is 490 g/mol. The zero-order valence-electron chi connectivity index (χ0n) is 19.1. The Labute approximate surface area is 209 Å². The number of carbonyl (C=O) groups excluding carboxylic acids is 2. The molecular weight excluding hydrogens is 468 g/mol. The van der Waals surface area contributed by atoms with Gasteiger partial charge >= 0.3 is 11.9 Å². The number of ether oxygens (including phenoxy) is 4. The van der Waals surface area contributed by atoms with E-state index in [-0.39, 0.29) is 17.4 Å². The molecule has 0 radical (unpaired) electrons. The molecule has 6 nitrogen and oxygen atoms in total. The number of benzene rings is 3. The molecule has 0 spiro atoms. The summed E-state index contributed by atoms with van der Waals surface area (Å²) in [4.78, 5) is 23.5. The van der Waals surface area contributed by atoms with E-state index in [0.29, 0.717) is 29.9 Å². The summed E-state index contributed by atoms with van der Waals surface area (Å²) < 4.78 is 21.0. The molecule has 3 aromatic rings. The molecule has 178 valence electrons. The molecule has 0 aliphatic heterocycles. The van der Waals surface area contributed by atoms with Gasteiger partial charge in [-0.05, 0) is 66.7 Å². The molecule has 0 saturated heterocycles. The standard InChI is InChI=1S/C28H23ClO6/c1-3-27(30)34-18-4-17-33-24-14-10-22(11-15-24)28(31)35-26-16-9-21(19-25(26)29)6-5-20-7-12-23(32-2)13-8-20/h3,7-16,19H,1,4,17-18H2,2H3. The van der Waals surface area contributed by atoms with Crippen LogP contribution in [0.2, 0.25) is 5.02 Å². The Balaban J connectivity index is 1.53. The predicted octanol–water partition coefficient (Wildman–Crippen LogP) is 5.47. The van der Waals surface area contributed by atoms with Crippen molar-refractivity contribution in [2.75, 3.05) is 20.3 Å². The first kappa shape index (κ1) is 25.4. The van der Waals surface area contributed by atoms with Crippen LogP contribution in [-0.4, -0.2) is 32.3 Å². The second kappa shape index (κ2) is 12.9. The van der Waals surface area contributed by atoms with Crippen molar-refractivity contribution in [3.63, 3.8) is 0 Å². The van der Waals surface area contributed by atoms with E-state index < -0.39 is 11.9 Å². The van der Waals surface area contributed by atoms with Gasteiger partial charge in [-0.2, -0.15) is 0 Å². The van der Waals surface area contributed by atoms with Crippen molar-refractivity contribution in [3.8, 4) is 29.1 Å². The van der Waals surface area contributed by atoms with Gasteiger partial charge < -0.3 is 18.9 Å². The first-order valence-electron chi connectivity index (χ1n) is 10.7. The molecule has 0 aliphatic carbocycles. The van der Waals surface area contributed by atoms with Gasteiger partial charge in [0.05, 0.1) is 30.9 Å². The molecule has 0 amide bonds. The second-order valence-corrected chi connectivity index (χ2v) is 7.52. The largest absolute Gasteiger partial charge is 0.497 e. The van der Waals surface area contributed by atoms with Crippen LogP contribution >= 0.6 is 11.6 Å². The summed E-state index contributed by atoms with van der Waals surface area (Å²) in [7, 11) is 1.61. The van der Waals surface area contributed by atoms with Crippen molar-refractivity contribution in [2.24, 2.45) is 0 Å². The summed E-state index contributed by atoms with van der Waals surface area (Å²) in [6.45, 7) is 3.92. The van der Waals surface area contributed by atoms with Crippen LogP contribution in [0.3, 0.4) is 0 Å². The van der Waals surface area contributed by atoms with E-state index in [4.69, 9.17) is 30.5 Å². The highest BCUT2D eigenvalue weighted by Gasteiger charge is 2.12. The Morgan fingerprint density at radius 3 is 2.23 bits per heavy atom. The fraction of sp³-hybridized carbons (Fsp3) is 0.143. The molecule has 0 heterocycles. The molecule has 0 atom stereocenters. The van der Waals surface area contributed by atoms with Crippen molar-refractivity contribution in [2.45, 2.75) is 6.42 Å². The molecule has 0 saturated carbocycles. The number of carbonyl (C=O) groups is 2. The quantitative estimate of drug-likeness (QED) is 0.130. The summed E-state index contributed by atoms with van der Waals surface area (Å²) in [5.41, 5.74) is 1.86. The number of rotatable bonds is 9. The number of halogens is 1. The topological polar surface area (TPSA) is 71.1 Å². The van der Waals surface area contributed by atoms with Crippen molar-refractivity contribution < 1.29 is 28.5 Å². The third-order valence-electron chi connectivity index (χ3n) is 4.63. The zero-order valence-corrected chi connectivity index (χ0v) is 19.8. The van der Waals surface area contributed by atoms with Crippen LogP contribution in [0, 0.1) is 11.8 Å². The van der Waals surface area contributed by atoms with Crippen LogP contribution in [0.15, 0.2) is 79.4 Å². The minimum atomic E-state index is -0.549. The van der Waals surface area contributed by atoms with Crippen LogP contribution < -0.4 is 14.2 Å². The first-order chi connectivity index (χ1) is 17.0. The normalized spacial score (nSPS) is 9.89. The van der Waals surface area contributed by atoms with Gasteiger partial charge in [-0.25, -0.2) is 9.59 Å². The minimum Gasteiger partial charge on any atom is -0.497 e. The van der Waals surface area contributed by atoms with Crippen LogP contribution in [0.5, 0.6) is 17.2 Å². The number of esters is 2. The van der Waals surface area contributed by atoms with Gasteiger partial charge in [0.25, 0.3) is 0 Å².